The van der Waals surface area contributed by atoms with Gasteiger partial charge in [-0.2, -0.15) is 0 Å². The summed E-state index contributed by atoms with van der Waals surface area (Å²) >= 11 is 6.30. The van der Waals surface area contributed by atoms with Gasteiger partial charge in [-0.1, -0.05) is 57.3 Å². The van der Waals surface area contributed by atoms with Gasteiger partial charge in [0, 0.05) is 10.6 Å². The molecule has 1 aromatic carbocycles. The van der Waals surface area contributed by atoms with Crippen molar-refractivity contribution in [2.24, 2.45) is 17.1 Å². The Balaban J connectivity index is 2.45. The van der Waals surface area contributed by atoms with Crippen molar-refractivity contribution < 1.29 is 0 Å². The van der Waals surface area contributed by atoms with Crippen LogP contribution in [0.25, 0.3) is 0 Å². The maximum absolute atomic E-state index is 6.87. The quantitative estimate of drug-likeness (QED) is 0.766. The molecule has 2 unspecified atom stereocenters. The highest BCUT2D eigenvalue weighted by Crippen LogP contribution is 2.48. The zero-order valence-corrected chi connectivity index (χ0v) is 13.3. The van der Waals surface area contributed by atoms with Crippen LogP contribution in [0.5, 0.6) is 0 Å². The summed E-state index contributed by atoms with van der Waals surface area (Å²) in [6.45, 7) is 8.96. The highest BCUT2D eigenvalue weighted by molar-refractivity contribution is 6.31. The SMILES string of the molecule is Cc1ccc(C2(N)CCCCC2C(C)(C)C)cc1Cl. The van der Waals surface area contributed by atoms with Gasteiger partial charge in [0.05, 0.1) is 0 Å². The zero-order valence-electron chi connectivity index (χ0n) is 12.6. The van der Waals surface area contributed by atoms with Crippen LogP contribution >= 0.6 is 11.6 Å². The summed E-state index contributed by atoms with van der Waals surface area (Å²) in [5.41, 5.74) is 9.20. The fraction of sp³-hybridized carbons (Fsp3) is 0.647. The lowest BCUT2D eigenvalue weighted by atomic mass is 9.60. The Bertz CT molecular complexity index is 461. The van der Waals surface area contributed by atoms with E-state index in [2.05, 4.69) is 39.0 Å². The first-order valence-electron chi connectivity index (χ1n) is 7.30. The fourth-order valence-electron chi connectivity index (χ4n) is 3.63. The van der Waals surface area contributed by atoms with Crippen molar-refractivity contribution in [2.45, 2.75) is 58.9 Å². The minimum absolute atomic E-state index is 0.228. The molecule has 2 atom stereocenters. The van der Waals surface area contributed by atoms with Gasteiger partial charge in [-0.25, -0.2) is 0 Å². The van der Waals surface area contributed by atoms with Crippen molar-refractivity contribution in [1.82, 2.24) is 0 Å². The molecule has 0 radical (unpaired) electrons. The van der Waals surface area contributed by atoms with Crippen LogP contribution in [-0.2, 0) is 5.54 Å². The fourth-order valence-corrected chi connectivity index (χ4v) is 3.81. The Morgan fingerprint density at radius 2 is 1.95 bits per heavy atom. The molecule has 1 saturated carbocycles. The van der Waals surface area contributed by atoms with Crippen molar-refractivity contribution in [1.29, 1.82) is 0 Å². The topological polar surface area (TPSA) is 26.0 Å². The number of nitrogens with two attached hydrogens (primary N) is 1. The number of hydrogen-bond acceptors (Lipinski definition) is 1. The molecule has 1 aliphatic carbocycles. The van der Waals surface area contributed by atoms with Crippen molar-refractivity contribution in [3.63, 3.8) is 0 Å². The van der Waals surface area contributed by atoms with E-state index in [-0.39, 0.29) is 11.0 Å². The molecule has 106 valence electrons. The van der Waals surface area contributed by atoms with E-state index in [0.717, 1.165) is 17.0 Å². The Morgan fingerprint density at radius 1 is 1.26 bits per heavy atom. The van der Waals surface area contributed by atoms with Gasteiger partial charge in [-0.3, -0.25) is 0 Å². The Hall–Kier alpha value is -0.530. The van der Waals surface area contributed by atoms with Crippen molar-refractivity contribution in [3.8, 4) is 0 Å². The summed E-state index contributed by atoms with van der Waals surface area (Å²) in [5.74, 6) is 0.507. The Labute approximate surface area is 122 Å². The van der Waals surface area contributed by atoms with Gasteiger partial charge in [-0.05, 0) is 48.3 Å². The molecule has 2 rings (SSSR count). The highest BCUT2D eigenvalue weighted by atomic mass is 35.5. The summed E-state index contributed by atoms with van der Waals surface area (Å²) in [5, 5.41) is 0.834. The molecular formula is C17H26ClN. The molecule has 2 N–H and O–H groups in total. The van der Waals surface area contributed by atoms with Crippen molar-refractivity contribution in [3.05, 3.63) is 34.3 Å². The first-order valence-corrected chi connectivity index (χ1v) is 7.68. The molecule has 19 heavy (non-hydrogen) atoms. The van der Waals surface area contributed by atoms with Gasteiger partial charge in [0.1, 0.15) is 0 Å². The maximum atomic E-state index is 6.87. The van der Waals surface area contributed by atoms with Crippen LogP contribution in [0.4, 0.5) is 0 Å². The number of halogens is 1. The standard InChI is InChI=1S/C17H26ClN/c1-12-8-9-13(11-14(12)18)17(19)10-6-5-7-15(17)16(2,3)4/h8-9,11,15H,5-7,10,19H2,1-4H3. The minimum atomic E-state index is -0.228. The van der Waals surface area contributed by atoms with Crippen LogP contribution in [0.15, 0.2) is 18.2 Å². The molecule has 2 heteroatoms. The van der Waals surface area contributed by atoms with Gasteiger partial charge in [0.2, 0.25) is 0 Å². The van der Waals surface area contributed by atoms with Crippen LogP contribution in [-0.4, -0.2) is 0 Å². The second-order valence-corrected chi connectivity index (χ2v) is 7.58. The summed E-state index contributed by atoms with van der Waals surface area (Å²) in [4.78, 5) is 0. The smallest absolute Gasteiger partial charge is 0.0443 e. The van der Waals surface area contributed by atoms with Crippen LogP contribution in [0.1, 0.15) is 57.6 Å². The van der Waals surface area contributed by atoms with E-state index >= 15 is 0 Å². The van der Waals surface area contributed by atoms with Crippen molar-refractivity contribution in [2.75, 3.05) is 0 Å². The largest absolute Gasteiger partial charge is 0.321 e. The molecule has 0 aliphatic heterocycles. The van der Waals surface area contributed by atoms with E-state index in [1.807, 2.05) is 6.92 Å². The van der Waals surface area contributed by atoms with Crippen LogP contribution < -0.4 is 5.73 Å². The van der Waals surface area contributed by atoms with Gasteiger partial charge in [0.25, 0.3) is 0 Å². The first-order chi connectivity index (χ1) is 8.75. The van der Waals surface area contributed by atoms with E-state index < -0.39 is 0 Å². The minimum Gasteiger partial charge on any atom is -0.321 e. The normalized spacial score (nSPS) is 28.4. The Morgan fingerprint density at radius 3 is 2.53 bits per heavy atom. The molecule has 0 spiro atoms. The first kappa shape index (κ1) is 14.9. The van der Waals surface area contributed by atoms with Gasteiger partial charge in [-0.15, -0.1) is 0 Å². The molecule has 1 nitrogen and oxygen atoms in total. The lowest BCUT2D eigenvalue weighted by Gasteiger charge is -2.48. The van der Waals surface area contributed by atoms with E-state index in [4.69, 9.17) is 17.3 Å². The third kappa shape index (κ3) is 2.83. The van der Waals surface area contributed by atoms with E-state index in [9.17, 15) is 0 Å². The predicted octanol–water partition coefficient (Wildman–Crippen LogP) is 5.04. The monoisotopic (exact) mass is 279 g/mol. The number of hydrogen-bond donors (Lipinski definition) is 1. The van der Waals surface area contributed by atoms with Gasteiger partial charge < -0.3 is 5.73 Å². The summed E-state index contributed by atoms with van der Waals surface area (Å²) < 4.78 is 0. The lowest BCUT2D eigenvalue weighted by Crippen LogP contribution is -2.51. The Kier molecular flexibility index (Phi) is 3.99. The van der Waals surface area contributed by atoms with Crippen LogP contribution in [0.3, 0.4) is 0 Å². The molecule has 0 bridgehead atoms. The maximum Gasteiger partial charge on any atom is 0.0443 e. The molecule has 0 aromatic heterocycles. The second kappa shape index (κ2) is 5.10. The summed E-state index contributed by atoms with van der Waals surface area (Å²) in [6.07, 6.45) is 4.79. The van der Waals surface area contributed by atoms with Gasteiger partial charge >= 0.3 is 0 Å². The van der Waals surface area contributed by atoms with E-state index in [1.165, 1.54) is 24.8 Å². The summed E-state index contributed by atoms with van der Waals surface area (Å²) in [6, 6.07) is 6.35. The average molecular weight is 280 g/mol. The van der Waals surface area contributed by atoms with Crippen LogP contribution in [0, 0.1) is 18.3 Å². The molecule has 1 aromatic rings. The third-order valence-electron chi connectivity index (χ3n) is 4.71. The molecule has 0 saturated heterocycles. The molecule has 0 amide bonds. The summed E-state index contributed by atoms with van der Waals surface area (Å²) in [7, 11) is 0. The van der Waals surface area contributed by atoms with E-state index in [0.29, 0.717) is 5.92 Å². The lowest BCUT2D eigenvalue weighted by molar-refractivity contribution is 0.0778. The highest BCUT2D eigenvalue weighted by Gasteiger charge is 2.44. The third-order valence-corrected chi connectivity index (χ3v) is 5.12. The van der Waals surface area contributed by atoms with Crippen LogP contribution in [0.2, 0.25) is 5.02 Å². The molecule has 1 fully saturated rings. The second-order valence-electron chi connectivity index (χ2n) is 7.17. The average Bonchev–Trinajstić information content (AvgIpc) is 2.31. The van der Waals surface area contributed by atoms with E-state index in [1.54, 1.807) is 0 Å². The number of benzene rings is 1. The number of aryl methyl sites for hydroxylation is 1. The molecular weight excluding hydrogens is 254 g/mol. The zero-order chi connectivity index (χ0) is 14.3. The number of rotatable bonds is 1. The van der Waals surface area contributed by atoms with Gasteiger partial charge in [0.15, 0.2) is 0 Å². The predicted molar refractivity (Wildman–Crippen MR) is 83.5 cm³/mol. The molecule has 1 aliphatic rings. The van der Waals surface area contributed by atoms with Crippen molar-refractivity contribution >= 4 is 11.6 Å². The molecule has 0 heterocycles.